The molecule has 1 atom stereocenters. The van der Waals surface area contributed by atoms with Crippen molar-refractivity contribution in [2.24, 2.45) is 0 Å². The maximum atomic E-state index is 13.1. The molecule has 2 aliphatic heterocycles. The Balaban J connectivity index is 1.26. The van der Waals surface area contributed by atoms with Gasteiger partial charge in [0.05, 0.1) is 13.2 Å². The van der Waals surface area contributed by atoms with Gasteiger partial charge in [0.15, 0.2) is 18.1 Å². The Bertz CT molecular complexity index is 1120. The summed E-state index contributed by atoms with van der Waals surface area (Å²) >= 11 is 0. The summed E-state index contributed by atoms with van der Waals surface area (Å²) in [7, 11) is 1.62. The third kappa shape index (κ3) is 4.58. The van der Waals surface area contributed by atoms with Crippen molar-refractivity contribution in [3.63, 3.8) is 0 Å². The molecule has 184 valence electrons. The quantitative estimate of drug-likeness (QED) is 0.589. The fraction of sp³-hybridized carbons (Fsp3) is 0.640. The van der Waals surface area contributed by atoms with Crippen LogP contribution < -0.4 is 15.2 Å². The standard InChI is InChI=1S/C25H34N4O5/c1-25(2)14-17-6-4-8-20(22(17)34-25)33-16-21(30)27-11-5-7-18(15-27)23-26-28(12-13-32-3)24(31)29(23)19-9-10-19/h4,6,8,18-19H,5,7,9-16H2,1-3H3. The van der Waals surface area contributed by atoms with E-state index >= 15 is 0 Å². The largest absolute Gasteiger partial charge is 0.483 e. The zero-order valence-corrected chi connectivity index (χ0v) is 20.3. The predicted octanol–water partition coefficient (Wildman–Crippen LogP) is 2.52. The maximum absolute atomic E-state index is 13.1. The van der Waals surface area contributed by atoms with Crippen LogP contribution in [0.3, 0.4) is 0 Å². The fourth-order valence-electron chi connectivity index (χ4n) is 5.06. The molecule has 9 heteroatoms. The molecule has 1 aliphatic carbocycles. The van der Waals surface area contributed by atoms with Crippen LogP contribution >= 0.6 is 0 Å². The number of methoxy groups -OCH3 is 1. The molecule has 1 saturated carbocycles. The highest BCUT2D eigenvalue weighted by atomic mass is 16.5. The van der Waals surface area contributed by atoms with Gasteiger partial charge in [-0.1, -0.05) is 12.1 Å². The number of carbonyl (C=O) groups is 1. The first-order chi connectivity index (χ1) is 16.4. The summed E-state index contributed by atoms with van der Waals surface area (Å²) in [5.41, 5.74) is 0.771. The van der Waals surface area contributed by atoms with E-state index in [1.54, 1.807) is 7.11 Å². The van der Waals surface area contributed by atoms with Gasteiger partial charge in [0, 0.05) is 44.1 Å². The number of rotatable bonds is 8. The summed E-state index contributed by atoms with van der Waals surface area (Å²) in [4.78, 5) is 27.8. The SMILES string of the molecule is COCCn1nc(C2CCCN(C(=O)COc3cccc4c3OC(C)(C)C4)C2)n(C2CC2)c1=O. The van der Waals surface area contributed by atoms with E-state index in [4.69, 9.17) is 14.2 Å². The predicted molar refractivity (Wildman–Crippen MR) is 126 cm³/mol. The van der Waals surface area contributed by atoms with E-state index in [1.165, 1.54) is 4.68 Å². The van der Waals surface area contributed by atoms with E-state index in [2.05, 4.69) is 5.10 Å². The summed E-state index contributed by atoms with van der Waals surface area (Å²) in [5.74, 6) is 2.15. The van der Waals surface area contributed by atoms with E-state index in [-0.39, 0.29) is 35.8 Å². The number of piperidine rings is 1. The molecule has 3 heterocycles. The first-order valence-electron chi connectivity index (χ1n) is 12.3. The molecule has 9 nitrogen and oxygen atoms in total. The Morgan fingerprint density at radius 2 is 2.09 bits per heavy atom. The normalized spacial score (nSPS) is 21.3. The van der Waals surface area contributed by atoms with Crippen LogP contribution in [0.25, 0.3) is 0 Å². The summed E-state index contributed by atoms with van der Waals surface area (Å²) in [6.45, 7) is 6.18. The van der Waals surface area contributed by atoms with Crippen molar-refractivity contribution in [2.75, 3.05) is 33.4 Å². The van der Waals surface area contributed by atoms with Gasteiger partial charge >= 0.3 is 5.69 Å². The molecule has 0 radical (unpaired) electrons. The second-order valence-electron chi connectivity index (χ2n) is 10.2. The minimum atomic E-state index is -0.268. The lowest BCUT2D eigenvalue weighted by Crippen LogP contribution is -2.42. The van der Waals surface area contributed by atoms with E-state index in [0.717, 1.165) is 49.2 Å². The second-order valence-corrected chi connectivity index (χ2v) is 10.2. The third-order valence-corrected chi connectivity index (χ3v) is 6.86. The number of amides is 1. The third-order valence-electron chi connectivity index (χ3n) is 6.86. The maximum Gasteiger partial charge on any atom is 0.346 e. The van der Waals surface area contributed by atoms with E-state index in [9.17, 15) is 9.59 Å². The minimum absolute atomic E-state index is 0.0370. The summed E-state index contributed by atoms with van der Waals surface area (Å²) < 4.78 is 20.5. The number of benzene rings is 1. The van der Waals surface area contributed by atoms with Crippen LogP contribution in [0.4, 0.5) is 0 Å². The van der Waals surface area contributed by atoms with Gasteiger partial charge in [-0.2, -0.15) is 5.10 Å². The summed E-state index contributed by atoms with van der Waals surface area (Å²) in [5, 5.41) is 4.67. The van der Waals surface area contributed by atoms with E-state index in [0.29, 0.717) is 32.0 Å². The lowest BCUT2D eigenvalue weighted by Gasteiger charge is -2.32. The molecule has 1 unspecified atom stereocenters. The fourth-order valence-corrected chi connectivity index (χ4v) is 5.06. The molecule has 0 N–H and O–H groups in total. The molecule has 1 aromatic carbocycles. The Kier molecular flexibility index (Phi) is 6.14. The molecule has 2 aromatic rings. The number of fused-ring (bicyclic) bond motifs is 1. The first kappa shape index (κ1) is 23.0. The number of para-hydroxylation sites is 1. The van der Waals surface area contributed by atoms with Crippen LogP contribution in [0.15, 0.2) is 23.0 Å². The van der Waals surface area contributed by atoms with Gasteiger partial charge in [0.1, 0.15) is 11.4 Å². The monoisotopic (exact) mass is 470 g/mol. The van der Waals surface area contributed by atoms with Crippen LogP contribution in [0.1, 0.15) is 62.9 Å². The molecule has 2 fully saturated rings. The topological polar surface area (TPSA) is 87.8 Å². The van der Waals surface area contributed by atoms with Crippen LogP contribution in [0, 0.1) is 0 Å². The van der Waals surface area contributed by atoms with Crippen molar-refractivity contribution in [2.45, 2.75) is 70.1 Å². The number of likely N-dealkylation sites (tertiary alicyclic amines) is 1. The lowest BCUT2D eigenvalue weighted by molar-refractivity contribution is -0.134. The number of aromatic nitrogens is 3. The Hall–Kier alpha value is -2.81. The molecule has 1 aromatic heterocycles. The van der Waals surface area contributed by atoms with Gasteiger partial charge in [0.2, 0.25) is 0 Å². The van der Waals surface area contributed by atoms with Crippen LogP contribution in [-0.4, -0.2) is 64.2 Å². The summed E-state index contributed by atoms with van der Waals surface area (Å²) in [6.07, 6.45) is 4.62. The van der Waals surface area contributed by atoms with Crippen LogP contribution in [0.5, 0.6) is 11.5 Å². The van der Waals surface area contributed by atoms with Crippen molar-refractivity contribution in [1.29, 1.82) is 0 Å². The second kappa shape index (κ2) is 9.09. The van der Waals surface area contributed by atoms with Gasteiger partial charge < -0.3 is 19.1 Å². The lowest BCUT2D eigenvalue weighted by atomic mass is 9.97. The number of hydrogen-bond donors (Lipinski definition) is 0. The molecule has 0 spiro atoms. The van der Waals surface area contributed by atoms with Crippen LogP contribution in [0.2, 0.25) is 0 Å². The van der Waals surface area contributed by atoms with Crippen LogP contribution in [-0.2, 0) is 22.5 Å². The number of nitrogens with zero attached hydrogens (tertiary/aromatic N) is 4. The number of ether oxygens (including phenoxy) is 3. The van der Waals surface area contributed by atoms with Crippen molar-refractivity contribution >= 4 is 5.91 Å². The van der Waals surface area contributed by atoms with Crippen molar-refractivity contribution in [1.82, 2.24) is 19.2 Å². The summed E-state index contributed by atoms with van der Waals surface area (Å²) in [6, 6.07) is 6.07. The highest BCUT2D eigenvalue weighted by molar-refractivity contribution is 5.78. The molecule has 0 bridgehead atoms. The minimum Gasteiger partial charge on any atom is -0.483 e. The Morgan fingerprint density at radius 1 is 1.26 bits per heavy atom. The van der Waals surface area contributed by atoms with Crippen molar-refractivity contribution in [3.05, 3.63) is 40.1 Å². The highest BCUT2D eigenvalue weighted by Crippen LogP contribution is 2.42. The van der Waals surface area contributed by atoms with Crippen molar-refractivity contribution < 1.29 is 19.0 Å². The van der Waals surface area contributed by atoms with E-state index in [1.807, 2.05) is 41.5 Å². The first-order valence-corrected chi connectivity index (χ1v) is 12.3. The average Bonchev–Trinajstić information content (AvgIpc) is 3.52. The van der Waals surface area contributed by atoms with Gasteiger partial charge in [-0.05, 0) is 45.6 Å². The molecular formula is C25H34N4O5. The number of carbonyl (C=O) groups excluding carboxylic acids is 1. The molecule has 1 amide bonds. The van der Waals surface area contributed by atoms with Gasteiger partial charge in [-0.3, -0.25) is 9.36 Å². The zero-order chi connectivity index (χ0) is 23.9. The number of hydrogen-bond acceptors (Lipinski definition) is 6. The van der Waals surface area contributed by atoms with Gasteiger partial charge in [-0.25, -0.2) is 9.48 Å². The molecule has 1 saturated heterocycles. The zero-order valence-electron chi connectivity index (χ0n) is 20.3. The molecule has 3 aliphatic rings. The highest BCUT2D eigenvalue weighted by Gasteiger charge is 2.36. The van der Waals surface area contributed by atoms with Gasteiger partial charge in [-0.15, -0.1) is 0 Å². The molecular weight excluding hydrogens is 436 g/mol. The van der Waals surface area contributed by atoms with E-state index < -0.39 is 0 Å². The van der Waals surface area contributed by atoms with Crippen molar-refractivity contribution in [3.8, 4) is 11.5 Å². The Labute approximate surface area is 199 Å². The molecule has 34 heavy (non-hydrogen) atoms. The average molecular weight is 471 g/mol. The Morgan fingerprint density at radius 3 is 2.85 bits per heavy atom. The molecule has 5 rings (SSSR count). The van der Waals surface area contributed by atoms with Gasteiger partial charge in [0.25, 0.3) is 5.91 Å². The smallest absolute Gasteiger partial charge is 0.346 e.